The number of carbonyl (C=O) groups is 3. The molecule has 2 fully saturated rings. The third-order valence-corrected chi connectivity index (χ3v) is 5.20. The van der Waals surface area contributed by atoms with Crippen molar-refractivity contribution in [2.45, 2.75) is 6.54 Å². The van der Waals surface area contributed by atoms with Gasteiger partial charge in [-0.05, 0) is 6.07 Å². The minimum atomic E-state index is -0.546. The van der Waals surface area contributed by atoms with Gasteiger partial charge in [0.2, 0.25) is 5.91 Å². The number of carbonyl (C=O) groups excluding carboxylic acids is 3. The van der Waals surface area contributed by atoms with E-state index in [4.69, 9.17) is 9.47 Å². The Bertz CT molecular complexity index is 894. The number of morpholine rings is 2. The highest BCUT2D eigenvalue weighted by atomic mass is 16.5. The van der Waals surface area contributed by atoms with Gasteiger partial charge < -0.3 is 23.8 Å². The van der Waals surface area contributed by atoms with E-state index < -0.39 is 11.7 Å². The zero-order valence-electron chi connectivity index (χ0n) is 15.6. The van der Waals surface area contributed by atoms with Gasteiger partial charge in [0.25, 0.3) is 11.7 Å². The van der Waals surface area contributed by atoms with Crippen LogP contribution >= 0.6 is 0 Å². The highest BCUT2D eigenvalue weighted by Gasteiger charge is 2.28. The number of aromatic nitrogens is 1. The summed E-state index contributed by atoms with van der Waals surface area (Å²) in [7, 11) is 0. The van der Waals surface area contributed by atoms with Crippen molar-refractivity contribution in [2.24, 2.45) is 0 Å². The average molecular weight is 385 g/mol. The molecule has 8 nitrogen and oxygen atoms in total. The summed E-state index contributed by atoms with van der Waals surface area (Å²) in [6, 6.07) is 7.35. The van der Waals surface area contributed by atoms with Gasteiger partial charge in [0.15, 0.2) is 0 Å². The predicted molar refractivity (Wildman–Crippen MR) is 101 cm³/mol. The van der Waals surface area contributed by atoms with Gasteiger partial charge in [0.1, 0.15) is 6.54 Å². The van der Waals surface area contributed by atoms with Gasteiger partial charge in [-0.25, -0.2) is 0 Å². The fraction of sp³-hybridized carbons (Fsp3) is 0.450. The molecule has 0 radical (unpaired) electrons. The molecule has 2 amide bonds. The minimum Gasteiger partial charge on any atom is -0.378 e. The van der Waals surface area contributed by atoms with Crippen LogP contribution in [0.5, 0.6) is 0 Å². The lowest BCUT2D eigenvalue weighted by atomic mass is 10.1. The Labute approximate surface area is 162 Å². The minimum absolute atomic E-state index is 0.0254. The third kappa shape index (κ3) is 3.65. The van der Waals surface area contributed by atoms with E-state index in [9.17, 15) is 14.4 Å². The van der Waals surface area contributed by atoms with Gasteiger partial charge in [-0.15, -0.1) is 0 Å². The van der Waals surface area contributed by atoms with Crippen LogP contribution in [0.2, 0.25) is 0 Å². The van der Waals surface area contributed by atoms with Gasteiger partial charge in [0.05, 0.1) is 32.0 Å². The number of Topliss-reactive ketones (excluding diaryl/α,β-unsaturated/α-hetero) is 1. The normalized spacial score (nSPS) is 17.7. The lowest BCUT2D eigenvalue weighted by molar-refractivity contribution is -0.135. The van der Waals surface area contributed by atoms with Crippen molar-refractivity contribution in [2.75, 3.05) is 52.6 Å². The van der Waals surface area contributed by atoms with Crippen LogP contribution in [0.25, 0.3) is 10.9 Å². The Hall–Kier alpha value is -2.71. The van der Waals surface area contributed by atoms with Crippen LogP contribution in [0, 0.1) is 0 Å². The van der Waals surface area contributed by atoms with E-state index in [1.807, 2.05) is 24.3 Å². The van der Waals surface area contributed by atoms with Gasteiger partial charge in [0, 0.05) is 43.3 Å². The van der Waals surface area contributed by atoms with Crippen molar-refractivity contribution >= 4 is 28.5 Å². The Morgan fingerprint density at radius 2 is 1.46 bits per heavy atom. The summed E-state index contributed by atoms with van der Waals surface area (Å²) in [5.41, 5.74) is 1.10. The lowest BCUT2D eigenvalue weighted by Crippen LogP contribution is -2.44. The fourth-order valence-corrected chi connectivity index (χ4v) is 3.64. The maximum absolute atomic E-state index is 12.9. The molecule has 0 bridgehead atoms. The summed E-state index contributed by atoms with van der Waals surface area (Å²) < 4.78 is 12.3. The number of nitrogens with zero attached hydrogens (tertiary/aromatic N) is 3. The molecule has 2 aliphatic rings. The summed E-state index contributed by atoms with van der Waals surface area (Å²) in [5.74, 6) is -1.09. The van der Waals surface area contributed by atoms with Crippen LogP contribution in [0.15, 0.2) is 30.5 Å². The van der Waals surface area contributed by atoms with Crippen LogP contribution < -0.4 is 0 Å². The second-order valence-electron chi connectivity index (χ2n) is 6.91. The summed E-state index contributed by atoms with van der Waals surface area (Å²) in [6.07, 6.45) is 1.63. The first kappa shape index (κ1) is 18.6. The maximum atomic E-state index is 12.9. The van der Waals surface area contributed by atoms with Gasteiger partial charge >= 0.3 is 0 Å². The molecule has 0 atom stereocenters. The second kappa shape index (κ2) is 8.12. The molecule has 0 saturated carbocycles. The molecular weight excluding hydrogens is 362 g/mol. The first-order valence-corrected chi connectivity index (χ1v) is 9.50. The fourth-order valence-electron chi connectivity index (χ4n) is 3.64. The first-order valence-electron chi connectivity index (χ1n) is 9.50. The molecule has 0 aliphatic carbocycles. The smallest absolute Gasteiger partial charge is 0.295 e. The Morgan fingerprint density at radius 3 is 2.14 bits per heavy atom. The Morgan fingerprint density at radius 1 is 0.857 bits per heavy atom. The number of hydrogen-bond acceptors (Lipinski definition) is 5. The van der Waals surface area contributed by atoms with Crippen molar-refractivity contribution in [1.29, 1.82) is 0 Å². The zero-order valence-corrected chi connectivity index (χ0v) is 15.6. The highest BCUT2D eigenvalue weighted by molar-refractivity contribution is 6.44. The van der Waals surface area contributed by atoms with Crippen molar-refractivity contribution in [1.82, 2.24) is 14.4 Å². The topological polar surface area (TPSA) is 81.1 Å². The largest absolute Gasteiger partial charge is 0.378 e. The van der Waals surface area contributed by atoms with Gasteiger partial charge in [-0.2, -0.15) is 0 Å². The summed E-state index contributed by atoms with van der Waals surface area (Å²) in [4.78, 5) is 41.5. The van der Waals surface area contributed by atoms with Crippen LogP contribution in [0.1, 0.15) is 10.4 Å². The lowest BCUT2D eigenvalue weighted by Gasteiger charge is -2.27. The number of amides is 2. The molecule has 148 valence electrons. The SMILES string of the molecule is O=C(C(=O)N1CCOCC1)c1cn(CC(=O)N2CCOCC2)c2ccccc12. The monoisotopic (exact) mass is 385 g/mol. The molecule has 2 aromatic rings. The van der Waals surface area contributed by atoms with E-state index in [0.29, 0.717) is 63.6 Å². The summed E-state index contributed by atoms with van der Waals surface area (Å²) in [6.45, 7) is 4.05. The first-order chi connectivity index (χ1) is 13.6. The standard InChI is InChI=1S/C20H23N3O5/c24-18(21-5-9-27-10-6-21)14-23-13-16(15-3-1-2-4-17(15)23)19(25)20(26)22-7-11-28-12-8-22/h1-4,13H,5-12,14H2. The van der Waals surface area contributed by atoms with Gasteiger partial charge in [-0.3, -0.25) is 14.4 Å². The van der Waals surface area contributed by atoms with E-state index in [2.05, 4.69) is 0 Å². The summed E-state index contributed by atoms with van der Waals surface area (Å²) in [5, 5.41) is 0.684. The average Bonchev–Trinajstić information content (AvgIpc) is 3.12. The van der Waals surface area contributed by atoms with Crippen LogP contribution in [0.4, 0.5) is 0 Å². The molecule has 4 rings (SSSR count). The van der Waals surface area contributed by atoms with Crippen molar-refractivity contribution < 1.29 is 23.9 Å². The molecule has 3 heterocycles. The van der Waals surface area contributed by atoms with E-state index >= 15 is 0 Å². The van der Waals surface area contributed by atoms with Gasteiger partial charge in [-0.1, -0.05) is 18.2 Å². The van der Waals surface area contributed by atoms with E-state index in [1.165, 1.54) is 4.90 Å². The van der Waals surface area contributed by atoms with E-state index in [1.54, 1.807) is 15.7 Å². The molecule has 1 aromatic carbocycles. The number of ether oxygens (including phenoxy) is 2. The van der Waals surface area contributed by atoms with Crippen molar-refractivity contribution in [3.8, 4) is 0 Å². The second-order valence-corrected chi connectivity index (χ2v) is 6.91. The predicted octanol–water partition coefficient (Wildman–Crippen LogP) is 0.542. The quantitative estimate of drug-likeness (QED) is 0.567. The van der Waals surface area contributed by atoms with Crippen LogP contribution in [-0.4, -0.2) is 84.6 Å². The number of fused-ring (bicyclic) bond motifs is 1. The van der Waals surface area contributed by atoms with E-state index in [-0.39, 0.29) is 12.5 Å². The summed E-state index contributed by atoms with van der Waals surface area (Å²) >= 11 is 0. The zero-order chi connectivity index (χ0) is 19.5. The molecule has 1 aromatic heterocycles. The van der Waals surface area contributed by atoms with Crippen molar-refractivity contribution in [3.63, 3.8) is 0 Å². The molecule has 2 saturated heterocycles. The van der Waals surface area contributed by atoms with Crippen molar-refractivity contribution in [3.05, 3.63) is 36.0 Å². The highest BCUT2D eigenvalue weighted by Crippen LogP contribution is 2.23. The number of hydrogen-bond donors (Lipinski definition) is 0. The maximum Gasteiger partial charge on any atom is 0.295 e. The van der Waals surface area contributed by atoms with E-state index in [0.717, 1.165) is 5.52 Å². The molecular formula is C20H23N3O5. The van der Waals surface area contributed by atoms with Crippen LogP contribution in [-0.2, 0) is 25.6 Å². The molecule has 0 unspecified atom stereocenters. The number of benzene rings is 1. The molecule has 0 spiro atoms. The third-order valence-electron chi connectivity index (χ3n) is 5.20. The molecule has 28 heavy (non-hydrogen) atoms. The Balaban J connectivity index is 1.59. The number of ketones is 1. The number of rotatable bonds is 4. The molecule has 8 heteroatoms. The Kier molecular flexibility index (Phi) is 5.40. The number of para-hydroxylation sites is 1. The molecule has 2 aliphatic heterocycles. The molecule has 0 N–H and O–H groups in total. The van der Waals surface area contributed by atoms with Crippen LogP contribution in [0.3, 0.4) is 0 Å².